The molecule has 0 saturated heterocycles. The lowest BCUT2D eigenvalue weighted by Gasteiger charge is -2.12. The van der Waals surface area contributed by atoms with Crippen molar-refractivity contribution in [2.24, 2.45) is 0 Å². The lowest BCUT2D eigenvalue weighted by Crippen LogP contribution is -2.33. The molecule has 0 aliphatic heterocycles. The van der Waals surface area contributed by atoms with E-state index >= 15 is 0 Å². The summed E-state index contributed by atoms with van der Waals surface area (Å²) in [4.78, 5) is 0.180. The van der Waals surface area contributed by atoms with E-state index in [-0.39, 0.29) is 15.6 Å². The summed E-state index contributed by atoms with van der Waals surface area (Å²) in [5.41, 5.74) is 0. The van der Waals surface area contributed by atoms with Crippen LogP contribution in [-0.4, -0.2) is 32.5 Å². The molecule has 2 atom stereocenters. The molecule has 8 heteroatoms. The van der Waals surface area contributed by atoms with Gasteiger partial charge in [-0.2, -0.15) is 11.8 Å². The summed E-state index contributed by atoms with van der Waals surface area (Å²) in [6.07, 6.45) is 2.87. The molecule has 0 spiro atoms. The van der Waals surface area contributed by atoms with Crippen LogP contribution < -0.4 is 10.0 Å². The quantitative estimate of drug-likeness (QED) is 0.740. The van der Waals surface area contributed by atoms with Gasteiger partial charge in [0.25, 0.3) is 0 Å². The van der Waals surface area contributed by atoms with Crippen LogP contribution in [0.15, 0.2) is 20.0 Å². The van der Waals surface area contributed by atoms with Crippen molar-refractivity contribution in [2.45, 2.75) is 48.9 Å². The molecular weight excluding hydrogens is 376 g/mol. The molecule has 2 unspecified atom stereocenters. The Kier molecular flexibility index (Phi) is 6.19. The Bertz CT molecular complexity index is 574. The molecular formula is C13H21BrN2O3S2. The summed E-state index contributed by atoms with van der Waals surface area (Å²) in [6, 6.07) is 1.59. The molecule has 21 heavy (non-hydrogen) atoms. The van der Waals surface area contributed by atoms with Gasteiger partial charge < -0.3 is 9.73 Å². The molecule has 5 nitrogen and oxygen atoms in total. The average Bonchev–Trinajstić information content (AvgIpc) is 2.97. The predicted octanol–water partition coefficient (Wildman–Crippen LogP) is 2.71. The van der Waals surface area contributed by atoms with Crippen molar-refractivity contribution in [2.75, 3.05) is 12.8 Å². The Morgan fingerprint density at radius 1 is 1.48 bits per heavy atom. The van der Waals surface area contributed by atoms with Crippen LogP contribution in [0.25, 0.3) is 0 Å². The molecule has 0 amide bonds. The number of furan rings is 1. The second kappa shape index (κ2) is 7.50. The lowest BCUT2D eigenvalue weighted by atomic mass is 10.3. The smallest absolute Gasteiger partial charge is 0.245 e. The third kappa shape index (κ3) is 4.48. The van der Waals surface area contributed by atoms with Gasteiger partial charge in [0.1, 0.15) is 10.7 Å². The molecule has 1 saturated carbocycles. The summed E-state index contributed by atoms with van der Waals surface area (Å²) in [5, 5.41) is 3.50. The number of hydrogen-bond donors (Lipinski definition) is 2. The molecule has 2 N–H and O–H groups in total. The fourth-order valence-electron chi connectivity index (χ4n) is 2.56. The van der Waals surface area contributed by atoms with Crippen LogP contribution in [-0.2, 0) is 16.6 Å². The van der Waals surface area contributed by atoms with Crippen molar-refractivity contribution in [3.05, 3.63) is 16.5 Å². The highest BCUT2D eigenvalue weighted by molar-refractivity contribution is 9.10. The number of thioether (sulfide) groups is 1. The second-order valence-corrected chi connectivity index (χ2v) is 9.07. The Hall–Kier alpha value is -0.0200. The predicted molar refractivity (Wildman–Crippen MR) is 89.1 cm³/mol. The minimum absolute atomic E-state index is 0.0219. The number of rotatable bonds is 7. The van der Waals surface area contributed by atoms with Crippen LogP contribution >= 0.6 is 27.7 Å². The molecule has 120 valence electrons. The first-order chi connectivity index (χ1) is 9.96. The van der Waals surface area contributed by atoms with Gasteiger partial charge in [-0.15, -0.1) is 0 Å². The van der Waals surface area contributed by atoms with E-state index in [1.165, 1.54) is 0 Å². The number of nitrogens with one attached hydrogen (secondary N) is 2. The molecule has 1 aromatic rings. The summed E-state index contributed by atoms with van der Waals surface area (Å²) >= 11 is 5.10. The van der Waals surface area contributed by atoms with Gasteiger partial charge in [0.2, 0.25) is 10.0 Å². The Labute approximate surface area is 138 Å². The van der Waals surface area contributed by atoms with Crippen LogP contribution in [0.3, 0.4) is 0 Å². The van der Waals surface area contributed by atoms with Crippen LogP contribution in [0.4, 0.5) is 0 Å². The van der Waals surface area contributed by atoms with Crippen molar-refractivity contribution >= 4 is 37.7 Å². The van der Waals surface area contributed by atoms with Gasteiger partial charge >= 0.3 is 0 Å². The van der Waals surface area contributed by atoms with Gasteiger partial charge in [-0.25, -0.2) is 13.1 Å². The van der Waals surface area contributed by atoms with Gasteiger partial charge in [0.05, 0.1) is 6.54 Å². The third-order valence-corrected chi connectivity index (χ3v) is 7.07. The molecule has 0 aromatic carbocycles. The SMILES string of the molecule is CCSC1CCC(NS(=O)(=O)c2cc(CNC)oc2Br)C1. The van der Waals surface area contributed by atoms with Crippen LogP contribution in [0, 0.1) is 0 Å². The molecule has 1 aliphatic rings. The normalized spacial score (nSPS) is 22.8. The Morgan fingerprint density at radius 3 is 2.90 bits per heavy atom. The van der Waals surface area contributed by atoms with Gasteiger partial charge in [-0.3, -0.25) is 0 Å². The van der Waals surface area contributed by atoms with Crippen molar-refractivity contribution < 1.29 is 12.8 Å². The molecule has 1 aromatic heterocycles. The second-order valence-electron chi connectivity index (χ2n) is 5.09. The van der Waals surface area contributed by atoms with Crippen molar-refractivity contribution in [1.82, 2.24) is 10.0 Å². The molecule has 2 rings (SSSR count). The van der Waals surface area contributed by atoms with Crippen molar-refractivity contribution in [3.63, 3.8) is 0 Å². The first-order valence-corrected chi connectivity index (χ1v) is 10.4. The molecule has 1 aliphatic carbocycles. The fourth-order valence-corrected chi connectivity index (χ4v) is 5.98. The maximum Gasteiger partial charge on any atom is 0.245 e. The van der Waals surface area contributed by atoms with E-state index < -0.39 is 10.0 Å². The van der Waals surface area contributed by atoms with Crippen molar-refractivity contribution in [3.8, 4) is 0 Å². The molecule has 1 fully saturated rings. The topological polar surface area (TPSA) is 71.3 Å². The maximum atomic E-state index is 12.5. The fraction of sp³-hybridized carbons (Fsp3) is 0.692. The van der Waals surface area contributed by atoms with Gasteiger partial charge in [-0.1, -0.05) is 6.92 Å². The van der Waals surface area contributed by atoms with E-state index in [1.54, 1.807) is 13.1 Å². The highest BCUT2D eigenvalue weighted by Crippen LogP contribution is 2.32. The van der Waals surface area contributed by atoms with Gasteiger partial charge in [0.15, 0.2) is 4.67 Å². The standard InChI is InChI=1S/C13H21BrN2O3S2/c1-3-20-11-5-4-9(6-11)16-21(17,18)12-7-10(8-15-2)19-13(12)14/h7,9,11,15-16H,3-6,8H2,1-2H3. The highest BCUT2D eigenvalue weighted by Gasteiger charge is 2.30. The summed E-state index contributed by atoms with van der Waals surface area (Å²) < 4.78 is 33.4. The monoisotopic (exact) mass is 396 g/mol. The summed E-state index contributed by atoms with van der Waals surface area (Å²) in [5.74, 6) is 1.67. The first-order valence-electron chi connectivity index (χ1n) is 7.03. The van der Waals surface area contributed by atoms with Crippen LogP contribution in [0.1, 0.15) is 31.9 Å². The van der Waals surface area contributed by atoms with Gasteiger partial charge in [0, 0.05) is 17.4 Å². The highest BCUT2D eigenvalue weighted by atomic mass is 79.9. The van der Waals surface area contributed by atoms with E-state index in [2.05, 4.69) is 32.9 Å². The van der Waals surface area contributed by atoms with Crippen molar-refractivity contribution in [1.29, 1.82) is 0 Å². The molecule has 0 radical (unpaired) electrons. The number of hydrogen-bond acceptors (Lipinski definition) is 5. The van der Waals surface area contributed by atoms with E-state index in [9.17, 15) is 8.42 Å². The van der Waals surface area contributed by atoms with Crippen LogP contribution in [0.5, 0.6) is 0 Å². The van der Waals surface area contributed by atoms with Gasteiger partial charge in [-0.05, 0) is 48.0 Å². The van der Waals surface area contributed by atoms with E-state index in [0.29, 0.717) is 17.6 Å². The zero-order chi connectivity index (χ0) is 15.5. The van der Waals surface area contributed by atoms with Crippen LogP contribution in [0.2, 0.25) is 0 Å². The zero-order valence-corrected chi connectivity index (χ0v) is 15.4. The Balaban J connectivity index is 2.05. The zero-order valence-electron chi connectivity index (χ0n) is 12.2. The Morgan fingerprint density at radius 2 is 2.24 bits per heavy atom. The maximum absolute atomic E-state index is 12.5. The minimum atomic E-state index is -3.54. The van der Waals surface area contributed by atoms with E-state index in [1.807, 2.05) is 11.8 Å². The summed E-state index contributed by atoms with van der Waals surface area (Å²) in [7, 11) is -1.75. The van der Waals surface area contributed by atoms with E-state index in [0.717, 1.165) is 25.0 Å². The minimum Gasteiger partial charge on any atom is -0.452 e. The first kappa shape index (κ1) is 17.3. The number of sulfonamides is 1. The largest absolute Gasteiger partial charge is 0.452 e. The third-order valence-electron chi connectivity index (χ3n) is 3.46. The number of halogens is 1. The average molecular weight is 397 g/mol. The lowest BCUT2D eigenvalue weighted by molar-refractivity contribution is 0.469. The molecule has 0 bridgehead atoms. The van der Waals surface area contributed by atoms with E-state index in [4.69, 9.17) is 4.42 Å². The molecule has 1 heterocycles. The summed E-state index contributed by atoms with van der Waals surface area (Å²) in [6.45, 7) is 2.63.